The lowest BCUT2D eigenvalue weighted by Gasteiger charge is -2.26. The van der Waals surface area contributed by atoms with Crippen LogP contribution < -0.4 is 10.6 Å². The second-order valence-corrected chi connectivity index (χ2v) is 8.09. The number of esters is 1. The number of carbonyl (C=O) groups excluding carboxylic acids is 3. The molecule has 9 heteroatoms. The summed E-state index contributed by atoms with van der Waals surface area (Å²) in [7, 11) is 1.20. The van der Waals surface area contributed by atoms with E-state index in [0.717, 1.165) is 0 Å². The third-order valence-corrected chi connectivity index (χ3v) is 4.99. The Morgan fingerprint density at radius 3 is 2.24 bits per heavy atom. The van der Waals surface area contributed by atoms with Gasteiger partial charge in [-0.1, -0.05) is 38.1 Å². The molecule has 0 saturated carbocycles. The highest BCUT2D eigenvalue weighted by atomic mass is 19.1. The molecule has 0 aromatic heterocycles. The summed E-state index contributed by atoms with van der Waals surface area (Å²) >= 11 is 0. The molecule has 0 spiro atoms. The Bertz CT molecular complexity index is 964. The summed E-state index contributed by atoms with van der Waals surface area (Å²) in [6.07, 6.45) is -1.47. The standard InChI is InChI=1S/C24H29FN2O6/c1-14(2)12-19(24(32)33-3)27-23(31)21(29)18(13-15-8-10-16(25)11-9-15)26-22(30)17-6-4-5-7-20(17)28/h4-11,14,18-19,21,28-29H,12-13H2,1-3H3,(H,26,30)(H,27,31)/t18-,19-,21+/m0/s1. The first-order valence-electron chi connectivity index (χ1n) is 10.5. The summed E-state index contributed by atoms with van der Waals surface area (Å²) in [5.41, 5.74) is 0.513. The number of phenolic OH excluding ortho intramolecular Hbond substituents is 1. The van der Waals surface area contributed by atoms with Crippen LogP contribution in [0, 0.1) is 11.7 Å². The van der Waals surface area contributed by atoms with Gasteiger partial charge in [-0.2, -0.15) is 0 Å². The number of halogens is 1. The molecule has 4 N–H and O–H groups in total. The van der Waals surface area contributed by atoms with Crippen molar-refractivity contribution in [2.75, 3.05) is 7.11 Å². The minimum atomic E-state index is -1.75. The minimum absolute atomic E-state index is 0.0126. The fraction of sp³-hybridized carbons (Fsp3) is 0.375. The van der Waals surface area contributed by atoms with Gasteiger partial charge in [-0.3, -0.25) is 9.59 Å². The van der Waals surface area contributed by atoms with E-state index in [9.17, 15) is 29.0 Å². The van der Waals surface area contributed by atoms with Crippen LogP contribution in [0.4, 0.5) is 4.39 Å². The minimum Gasteiger partial charge on any atom is -0.507 e. The zero-order valence-electron chi connectivity index (χ0n) is 18.7. The molecule has 33 heavy (non-hydrogen) atoms. The van der Waals surface area contributed by atoms with E-state index in [1.165, 1.54) is 43.5 Å². The number of amides is 2. The van der Waals surface area contributed by atoms with Gasteiger partial charge in [0.25, 0.3) is 11.8 Å². The smallest absolute Gasteiger partial charge is 0.328 e. The Morgan fingerprint density at radius 1 is 1.03 bits per heavy atom. The van der Waals surface area contributed by atoms with Crippen molar-refractivity contribution in [3.63, 3.8) is 0 Å². The Kier molecular flexibility index (Phi) is 9.35. The molecule has 0 aliphatic rings. The molecule has 0 unspecified atom stereocenters. The normalized spacial score (nSPS) is 13.6. The lowest BCUT2D eigenvalue weighted by atomic mass is 9.98. The third-order valence-electron chi connectivity index (χ3n) is 4.99. The SMILES string of the molecule is COC(=O)[C@H](CC(C)C)NC(=O)[C@H](O)[C@H](Cc1ccc(F)cc1)NC(=O)c1ccccc1O. The first kappa shape index (κ1) is 25.8. The number of hydrogen-bond donors (Lipinski definition) is 4. The summed E-state index contributed by atoms with van der Waals surface area (Å²) in [6, 6.07) is 9.09. The van der Waals surface area contributed by atoms with Crippen LogP contribution in [-0.2, 0) is 20.7 Å². The molecular formula is C24H29FN2O6. The van der Waals surface area contributed by atoms with Crippen LogP contribution >= 0.6 is 0 Å². The van der Waals surface area contributed by atoms with E-state index in [2.05, 4.69) is 10.6 Å². The topological polar surface area (TPSA) is 125 Å². The molecule has 0 aliphatic heterocycles. The Balaban J connectivity index is 2.25. The fourth-order valence-electron chi connectivity index (χ4n) is 3.30. The maximum absolute atomic E-state index is 13.3. The highest BCUT2D eigenvalue weighted by molar-refractivity contribution is 5.97. The van der Waals surface area contributed by atoms with Crippen LogP contribution in [0.5, 0.6) is 5.75 Å². The van der Waals surface area contributed by atoms with Crippen molar-refractivity contribution in [1.29, 1.82) is 0 Å². The number of aromatic hydroxyl groups is 1. The van der Waals surface area contributed by atoms with Crippen LogP contribution in [-0.4, -0.2) is 53.3 Å². The van der Waals surface area contributed by atoms with E-state index >= 15 is 0 Å². The monoisotopic (exact) mass is 460 g/mol. The number of hydrogen-bond acceptors (Lipinski definition) is 6. The number of aliphatic hydroxyl groups is 1. The number of rotatable bonds is 10. The molecule has 178 valence electrons. The van der Waals surface area contributed by atoms with Gasteiger partial charge in [0.1, 0.15) is 17.6 Å². The number of phenols is 1. The fourth-order valence-corrected chi connectivity index (χ4v) is 3.30. The lowest BCUT2D eigenvalue weighted by Crippen LogP contribution is -2.54. The highest BCUT2D eigenvalue weighted by Crippen LogP contribution is 2.17. The molecule has 0 bridgehead atoms. The second kappa shape index (κ2) is 12.0. The Morgan fingerprint density at radius 2 is 1.67 bits per heavy atom. The van der Waals surface area contributed by atoms with Crippen molar-refractivity contribution < 1.29 is 33.7 Å². The van der Waals surface area contributed by atoms with Crippen molar-refractivity contribution in [3.05, 3.63) is 65.5 Å². The van der Waals surface area contributed by atoms with E-state index < -0.39 is 41.8 Å². The molecule has 0 heterocycles. The predicted octanol–water partition coefficient (Wildman–Crippen LogP) is 1.94. The molecule has 0 saturated heterocycles. The largest absolute Gasteiger partial charge is 0.507 e. The molecular weight excluding hydrogens is 431 g/mol. The van der Waals surface area contributed by atoms with E-state index in [0.29, 0.717) is 5.56 Å². The third kappa shape index (κ3) is 7.57. The second-order valence-electron chi connectivity index (χ2n) is 8.09. The van der Waals surface area contributed by atoms with Gasteiger partial charge in [-0.05, 0) is 48.6 Å². The van der Waals surface area contributed by atoms with Gasteiger partial charge in [0.05, 0.1) is 18.7 Å². The molecule has 0 fully saturated rings. The molecule has 0 radical (unpaired) electrons. The Labute approximate surface area is 191 Å². The van der Waals surface area contributed by atoms with Crippen LogP contribution in [0.2, 0.25) is 0 Å². The van der Waals surface area contributed by atoms with Gasteiger partial charge in [-0.15, -0.1) is 0 Å². The number of benzene rings is 2. The van der Waals surface area contributed by atoms with Crippen molar-refractivity contribution in [2.24, 2.45) is 5.92 Å². The van der Waals surface area contributed by atoms with Crippen LogP contribution in [0.15, 0.2) is 48.5 Å². The number of ether oxygens (including phenoxy) is 1. The van der Waals surface area contributed by atoms with E-state index in [1.54, 1.807) is 12.1 Å². The van der Waals surface area contributed by atoms with Gasteiger partial charge in [0.2, 0.25) is 0 Å². The molecule has 2 rings (SSSR count). The summed E-state index contributed by atoms with van der Waals surface area (Å²) < 4.78 is 18.0. The van der Waals surface area contributed by atoms with Crippen LogP contribution in [0.3, 0.4) is 0 Å². The zero-order chi connectivity index (χ0) is 24.5. The van der Waals surface area contributed by atoms with Crippen molar-refractivity contribution in [3.8, 4) is 5.75 Å². The van der Waals surface area contributed by atoms with E-state index in [1.807, 2.05) is 13.8 Å². The number of nitrogens with one attached hydrogen (secondary N) is 2. The Hall–Kier alpha value is -3.46. The molecule has 3 atom stereocenters. The lowest BCUT2D eigenvalue weighted by molar-refractivity contribution is -0.147. The maximum Gasteiger partial charge on any atom is 0.328 e. The van der Waals surface area contributed by atoms with E-state index in [4.69, 9.17) is 4.74 Å². The average molecular weight is 461 g/mol. The van der Waals surface area contributed by atoms with Gasteiger partial charge < -0.3 is 25.6 Å². The first-order chi connectivity index (χ1) is 15.6. The van der Waals surface area contributed by atoms with Crippen LogP contribution in [0.25, 0.3) is 0 Å². The number of methoxy groups -OCH3 is 1. The average Bonchev–Trinajstić information content (AvgIpc) is 2.78. The maximum atomic E-state index is 13.3. The van der Waals surface area contributed by atoms with Crippen molar-refractivity contribution in [1.82, 2.24) is 10.6 Å². The zero-order valence-corrected chi connectivity index (χ0v) is 18.7. The van der Waals surface area contributed by atoms with E-state index in [-0.39, 0.29) is 30.1 Å². The van der Waals surface area contributed by atoms with Gasteiger partial charge in [0.15, 0.2) is 6.10 Å². The predicted molar refractivity (Wildman–Crippen MR) is 119 cm³/mol. The molecule has 8 nitrogen and oxygen atoms in total. The number of para-hydroxylation sites is 1. The molecule has 2 aromatic carbocycles. The summed E-state index contributed by atoms with van der Waals surface area (Å²) in [5, 5.41) is 25.8. The van der Waals surface area contributed by atoms with Gasteiger partial charge >= 0.3 is 5.97 Å². The van der Waals surface area contributed by atoms with Crippen molar-refractivity contribution >= 4 is 17.8 Å². The summed E-state index contributed by atoms with van der Waals surface area (Å²) in [4.78, 5) is 37.6. The summed E-state index contributed by atoms with van der Waals surface area (Å²) in [6.45, 7) is 3.73. The summed E-state index contributed by atoms with van der Waals surface area (Å²) in [5.74, 6) is -2.91. The van der Waals surface area contributed by atoms with Crippen molar-refractivity contribution in [2.45, 2.75) is 44.9 Å². The molecule has 2 amide bonds. The van der Waals surface area contributed by atoms with Crippen LogP contribution in [0.1, 0.15) is 36.2 Å². The van der Waals surface area contributed by atoms with Gasteiger partial charge in [-0.25, -0.2) is 9.18 Å². The first-order valence-corrected chi connectivity index (χ1v) is 10.5. The van der Waals surface area contributed by atoms with Gasteiger partial charge in [0, 0.05) is 0 Å². The number of carbonyl (C=O) groups is 3. The quantitative estimate of drug-likeness (QED) is 0.402. The number of aliphatic hydroxyl groups excluding tert-OH is 1. The molecule has 2 aromatic rings. The molecule has 0 aliphatic carbocycles. The highest BCUT2D eigenvalue weighted by Gasteiger charge is 2.32.